The number of carbonyl (C=O) groups excluding carboxylic acids is 5. The number of benzene rings is 4. The first-order valence-corrected chi connectivity index (χ1v) is 28.2. The number of piperidine rings is 2. The molecule has 1 amide bonds. The van der Waals surface area contributed by atoms with E-state index >= 15 is 0 Å². The summed E-state index contributed by atoms with van der Waals surface area (Å²) >= 11 is 0. The van der Waals surface area contributed by atoms with Crippen LogP contribution in [0.25, 0.3) is 44.3 Å². The second-order valence-electron chi connectivity index (χ2n) is 22.6. The van der Waals surface area contributed by atoms with Gasteiger partial charge in [0.25, 0.3) is 0 Å². The first-order chi connectivity index (χ1) is 37.4. The van der Waals surface area contributed by atoms with E-state index in [1.807, 2.05) is 20.8 Å². The number of rotatable bonds is 6. The van der Waals surface area contributed by atoms with Gasteiger partial charge in [-0.1, -0.05) is 62.8 Å². The molecule has 2 aliphatic carbocycles. The number of nitrogens with one attached hydrogen (secondary N) is 1. The average Bonchev–Trinajstić information content (AvgIpc) is 3.77. The molecule has 2 unspecified atom stereocenters. The van der Waals surface area contributed by atoms with Crippen LogP contribution in [-0.2, 0) is 37.0 Å². The summed E-state index contributed by atoms with van der Waals surface area (Å²) in [7, 11) is 0. The predicted octanol–water partition coefficient (Wildman–Crippen LogP) is 12.9. The van der Waals surface area contributed by atoms with Gasteiger partial charge in [-0.15, -0.1) is 0 Å². The van der Waals surface area contributed by atoms with Gasteiger partial charge in [0.1, 0.15) is 54.0 Å². The SMILES string of the molecule is Cc1ccc2c(C3CCCCC3)c3n(c2c1)CCOc1cc(OC2CCCN(C(=O)OC(C)(C)C)C2)ccc1-3.Cc1ccc2c(C3CCCCC3)c3n(c2c1)CCOc1cc(OC2CCCNC2)ccc1-3.O=C=O.O=C=O. The van der Waals surface area contributed by atoms with E-state index in [-0.39, 0.29) is 30.6 Å². The molecule has 2 aromatic heterocycles. The maximum Gasteiger partial charge on any atom is 0.410 e. The molecule has 12 rings (SSSR count). The molecule has 6 aliphatic rings. The number of aromatic nitrogens is 2. The molecule has 2 saturated heterocycles. The minimum atomic E-state index is -0.503. The van der Waals surface area contributed by atoms with Crippen LogP contribution in [0.4, 0.5) is 4.79 Å². The van der Waals surface area contributed by atoms with Crippen molar-refractivity contribution >= 4 is 40.2 Å². The van der Waals surface area contributed by atoms with Crippen molar-refractivity contribution in [2.24, 2.45) is 0 Å². The van der Waals surface area contributed by atoms with Gasteiger partial charge < -0.3 is 43.0 Å². The van der Waals surface area contributed by atoms with Gasteiger partial charge in [0.05, 0.1) is 31.0 Å². The fourth-order valence-corrected chi connectivity index (χ4v) is 12.7. The second kappa shape index (κ2) is 25.1. The van der Waals surface area contributed by atoms with Gasteiger partial charge in [0.15, 0.2) is 0 Å². The normalized spacial score (nSPS) is 19.3. The minimum absolute atomic E-state index is 0.0673. The van der Waals surface area contributed by atoms with Crippen LogP contribution in [0, 0.1) is 13.8 Å². The van der Waals surface area contributed by atoms with Crippen LogP contribution in [0.1, 0.15) is 145 Å². The molecule has 0 radical (unpaired) electrons. The summed E-state index contributed by atoms with van der Waals surface area (Å²) < 4.78 is 36.1. The van der Waals surface area contributed by atoms with Crippen LogP contribution < -0.4 is 24.3 Å². The van der Waals surface area contributed by atoms with Crippen LogP contribution in [0.2, 0.25) is 0 Å². The summed E-state index contributed by atoms with van der Waals surface area (Å²) in [5.74, 6) is 4.81. The fourth-order valence-electron chi connectivity index (χ4n) is 12.7. The largest absolute Gasteiger partial charge is 0.491 e. The quantitative estimate of drug-likeness (QED) is 0.169. The fraction of sp³-hybridized carbons (Fsp3) is 0.508. The van der Waals surface area contributed by atoms with Gasteiger partial charge >= 0.3 is 18.4 Å². The lowest BCUT2D eigenvalue weighted by atomic mass is 9.81. The molecule has 14 nitrogen and oxygen atoms in total. The van der Waals surface area contributed by atoms with Crippen molar-refractivity contribution in [3.05, 3.63) is 95.1 Å². The van der Waals surface area contributed by atoms with E-state index < -0.39 is 5.60 Å². The lowest BCUT2D eigenvalue weighted by Crippen LogP contribution is -2.46. The highest BCUT2D eigenvalue weighted by Gasteiger charge is 2.33. The summed E-state index contributed by atoms with van der Waals surface area (Å²) in [6, 6.07) is 26.8. The molecule has 4 fully saturated rings. The summed E-state index contributed by atoms with van der Waals surface area (Å²) in [6.07, 6.45) is 17.6. The number of nitrogens with zero attached hydrogens (tertiary/aromatic N) is 3. The smallest absolute Gasteiger partial charge is 0.410 e. The van der Waals surface area contributed by atoms with Crippen molar-refractivity contribution in [1.82, 2.24) is 19.4 Å². The van der Waals surface area contributed by atoms with Crippen LogP contribution in [0.15, 0.2) is 72.8 Å². The summed E-state index contributed by atoms with van der Waals surface area (Å²) in [5.41, 5.74) is 13.0. The molecule has 2 atom stereocenters. The van der Waals surface area contributed by atoms with E-state index in [4.69, 9.17) is 42.9 Å². The molecule has 0 bridgehead atoms. The average molecular weight is 1050 g/mol. The number of fused-ring (bicyclic) bond motifs is 10. The zero-order chi connectivity index (χ0) is 54.1. The molecule has 2 saturated carbocycles. The minimum Gasteiger partial charge on any atom is -0.491 e. The molecule has 408 valence electrons. The first kappa shape index (κ1) is 54.9. The molecule has 1 N–H and O–H groups in total. The highest BCUT2D eigenvalue weighted by atomic mass is 16.6. The third kappa shape index (κ3) is 12.8. The topological polar surface area (TPSA) is 157 Å². The Kier molecular flexibility index (Phi) is 17.9. The van der Waals surface area contributed by atoms with Gasteiger partial charge in [-0.25, -0.2) is 4.79 Å². The van der Waals surface area contributed by atoms with Gasteiger partial charge in [-0.05, 0) is 163 Å². The van der Waals surface area contributed by atoms with Crippen molar-refractivity contribution in [3.8, 4) is 45.5 Å². The van der Waals surface area contributed by atoms with Crippen LogP contribution in [-0.4, -0.2) is 89.6 Å². The Morgan fingerprint density at radius 1 is 0.584 bits per heavy atom. The van der Waals surface area contributed by atoms with Gasteiger partial charge in [-0.3, -0.25) is 0 Å². The molecular weight excluding hydrogens is 973 g/mol. The Bertz CT molecular complexity index is 3070. The third-order valence-corrected chi connectivity index (χ3v) is 16.0. The Morgan fingerprint density at radius 2 is 1.06 bits per heavy atom. The summed E-state index contributed by atoms with van der Waals surface area (Å²) in [5, 5.41) is 6.29. The van der Waals surface area contributed by atoms with Crippen molar-refractivity contribution in [1.29, 1.82) is 0 Å². The van der Waals surface area contributed by atoms with Crippen LogP contribution >= 0.6 is 0 Å². The van der Waals surface area contributed by atoms with E-state index in [0.717, 1.165) is 74.0 Å². The maximum atomic E-state index is 12.6. The molecule has 77 heavy (non-hydrogen) atoms. The Hall–Kier alpha value is -6.85. The highest BCUT2D eigenvalue weighted by Crippen LogP contribution is 2.50. The summed E-state index contributed by atoms with van der Waals surface area (Å²) in [4.78, 5) is 46.9. The number of hydrogen-bond acceptors (Lipinski definition) is 11. The van der Waals surface area contributed by atoms with E-state index in [9.17, 15) is 4.79 Å². The number of hydrogen-bond donors (Lipinski definition) is 1. The molecule has 6 aromatic rings. The van der Waals surface area contributed by atoms with E-state index in [1.165, 1.54) is 126 Å². The molecular formula is C63H76N4O10. The first-order valence-electron chi connectivity index (χ1n) is 28.2. The van der Waals surface area contributed by atoms with E-state index in [2.05, 4.69) is 101 Å². The van der Waals surface area contributed by atoms with Gasteiger partial charge in [-0.2, -0.15) is 19.2 Å². The van der Waals surface area contributed by atoms with E-state index in [0.29, 0.717) is 38.1 Å². The monoisotopic (exact) mass is 1050 g/mol. The Balaban J connectivity index is 0.000000173. The molecule has 4 aromatic carbocycles. The van der Waals surface area contributed by atoms with Gasteiger partial charge in [0, 0.05) is 58.2 Å². The number of carbonyl (C=O) groups is 1. The second-order valence-corrected chi connectivity index (χ2v) is 22.6. The maximum absolute atomic E-state index is 12.6. The predicted molar refractivity (Wildman–Crippen MR) is 295 cm³/mol. The molecule has 6 heterocycles. The Labute approximate surface area is 452 Å². The number of ether oxygens (including phenoxy) is 5. The van der Waals surface area contributed by atoms with Crippen molar-refractivity contribution in [3.63, 3.8) is 0 Å². The number of aryl methyl sites for hydroxylation is 2. The van der Waals surface area contributed by atoms with Crippen LogP contribution in [0.3, 0.4) is 0 Å². The number of likely N-dealkylation sites (tertiary alicyclic amines) is 1. The lowest BCUT2D eigenvalue weighted by molar-refractivity contribution is -0.193. The molecule has 14 heteroatoms. The van der Waals surface area contributed by atoms with Crippen molar-refractivity contribution in [2.45, 2.75) is 167 Å². The Morgan fingerprint density at radius 3 is 1.53 bits per heavy atom. The third-order valence-electron chi connectivity index (χ3n) is 16.0. The van der Waals surface area contributed by atoms with Crippen molar-refractivity contribution in [2.75, 3.05) is 39.4 Å². The zero-order valence-electron chi connectivity index (χ0n) is 45.7. The lowest BCUT2D eigenvalue weighted by Gasteiger charge is -2.34. The molecule has 4 aliphatic heterocycles. The van der Waals surface area contributed by atoms with Gasteiger partial charge in [0.2, 0.25) is 0 Å². The number of amides is 1. The van der Waals surface area contributed by atoms with Crippen molar-refractivity contribution < 1.29 is 47.7 Å². The summed E-state index contributed by atoms with van der Waals surface area (Å²) in [6.45, 7) is 16.4. The van der Waals surface area contributed by atoms with Crippen LogP contribution in [0.5, 0.6) is 23.0 Å². The van der Waals surface area contributed by atoms with E-state index in [1.54, 1.807) is 10.5 Å². The highest BCUT2D eigenvalue weighted by molar-refractivity contribution is 5.95. The zero-order valence-corrected chi connectivity index (χ0v) is 45.7. The molecule has 0 spiro atoms. The standard InChI is InChI=1S/C33H42N2O4.C28H34N2O2.2CO2/c1-22-12-14-26-28(19-22)35-17-18-37-29-20-24(13-15-27(29)31(35)30(26)23-9-6-5-7-10-23)38-25-11-8-16-34(21-25)32(36)39-33(2,3)4;1-19-9-11-23-25(16-19)30-14-15-31-26-17-21(32-22-8-5-13-29-18-22)10-12-24(26)28(30)27(23)20-6-3-2-4-7-20;2*2-1-3/h12-15,19-20,23,25H,5-11,16-18,21H2,1-4H3;9-12,16-17,20,22,29H,2-8,13-15,18H2,1H3;;.